The van der Waals surface area contributed by atoms with Crippen LogP contribution in [0, 0.1) is 0 Å². The van der Waals surface area contributed by atoms with Gasteiger partial charge in [0.05, 0.1) is 0 Å². The molecular formula is C14H16BrN5S. The van der Waals surface area contributed by atoms with E-state index in [4.69, 9.17) is 5.73 Å². The minimum Gasteiger partial charge on any atom is -0.368 e. The number of hydrogen-bond acceptors (Lipinski definition) is 6. The molecule has 7 heteroatoms. The molecule has 0 bridgehead atoms. The fourth-order valence-corrected chi connectivity index (χ4v) is 3.26. The molecule has 0 spiro atoms. The van der Waals surface area contributed by atoms with Crippen LogP contribution >= 0.6 is 27.7 Å². The SMILES string of the molecule is Nc1nc(Sc2ccc(Br)cc2)nc(N2CCCCC2)n1. The molecule has 21 heavy (non-hydrogen) atoms. The van der Waals surface area contributed by atoms with Gasteiger partial charge in [-0.2, -0.15) is 15.0 Å². The Kier molecular flexibility index (Phi) is 4.60. The maximum atomic E-state index is 5.83. The van der Waals surface area contributed by atoms with E-state index in [1.54, 1.807) is 0 Å². The number of nitrogen functional groups attached to an aromatic ring is 1. The van der Waals surface area contributed by atoms with E-state index < -0.39 is 0 Å². The lowest BCUT2D eigenvalue weighted by Crippen LogP contribution is -2.31. The van der Waals surface area contributed by atoms with Crippen LogP contribution < -0.4 is 10.6 Å². The molecule has 1 aromatic carbocycles. The largest absolute Gasteiger partial charge is 0.368 e. The summed E-state index contributed by atoms with van der Waals surface area (Å²) in [4.78, 5) is 16.3. The molecule has 0 unspecified atom stereocenters. The topological polar surface area (TPSA) is 67.9 Å². The number of nitrogens with two attached hydrogens (primary N) is 1. The van der Waals surface area contributed by atoms with E-state index in [-0.39, 0.29) is 5.95 Å². The molecule has 1 aliphatic rings. The van der Waals surface area contributed by atoms with Crippen molar-refractivity contribution in [1.29, 1.82) is 0 Å². The van der Waals surface area contributed by atoms with Gasteiger partial charge in [-0.3, -0.25) is 0 Å². The number of hydrogen-bond donors (Lipinski definition) is 1. The fourth-order valence-electron chi connectivity index (χ4n) is 2.25. The van der Waals surface area contributed by atoms with Crippen molar-refractivity contribution >= 4 is 39.6 Å². The summed E-state index contributed by atoms with van der Waals surface area (Å²) in [5.41, 5.74) is 5.83. The Bertz CT molecular complexity index is 613. The predicted octanol–water partition coefficient (Wildman–Crippen LogP) is 3.36. The molecule has 110 valence electrons. The van der Waals surface area contributed by atoms with Crippen LogP contribution in [0.3, 0.4) is 0 Å². The molecule has 1 fully saturated rings. The van der Waals surface area contributed by atoms with Gasteiger partial charge in [0.25, 0.3) is 0 Å². The Morgan fingerprint density at radius 1 is 1.00 bits per heavy atom. The molecule has 1 saturated heterocycles. The van der Waals surface area contributed by atoms with Gasteiger partial charge in [-0.05, 0) is 55.3 Å². The van der Waals surface area contributed by atoms with Crippen LogP contribution in [0.4, 0.5) is 11.9 Å². The highest BCUT2D eigenvalue weighted by Gasteiger charge is 2.15. The molecule has 1 aliphatic heterocycles. The van der Waals surface area contributed by atoms with Crippen molar-refractivity contribution in [2.24, 2.45) is 0 Å². The maximum absolute atomic E-state index is 5.83. The molecule has 0 aliphatic carbocycles. The molecule has 2 N–H and O–H groups in total. The standard InChI is InChI=1S/C14H16BrN5S/c15-10-4-6-11(7-5-10)21-14-18-12(16)17-13(19-14)20-8-2-1-3-9-20/h4-7H,1-3,8-9H2,(H2,16,17,18,19). The van der Waals surface area contributed by atoms with E-state index in [9.17, 15) is 0 Å². The summed E-state index contributed by atoms with van der Waals surface area (Å²) in [6.07, 6.45) is 3.64. The number of nitrogens with zero attached hydrogens (tertiary/aromatic N) is 4. The van der Waals surface area contributed by atoms with Crippen molar-refractivity contribution in [3.8, 4) is 0 Å². The third-order valence-electron chi connectivity index (χ3n) is 3.28. The predicted molar refractivity (Wildman–Crippen MR) is 88.6 cm³/mol. The second-order valence-electron chi connectivity index (χ2n) is 4.88. The number of benzene rings is 1. The van der Waals surface area contributed by atoms with Gasteiger partial charge in [0.15, 0.2) is 5.16 Å². The molecule has 0 atom stereocenters. The normalized spacial score (nSPS) is 15.2. The molecule has 0 amide bonds. The third kappa shape index (κ3) is 3.85. The second kappa shape index (κ2) is 6.62. The average Bonchev–Trinajstić information content (AvgIpc) is 2.50. The zero-order valence-electron chi connectivity index (χ0n) is 11.5. The van der Waals surface area contributed by atoms with Crippen LogP contribution in [-0.2, 0) is 0 Å². The highest BCUT2D eigenvalue weighted by atomic mass is 79.9. The van der Waals surface area contributed by atoms with Gasteiger partial charge < -0.3 is 10.6 Å². The second-order valence-corrected chi connectivity index (χ2v) is 6.84. The Hall–Kier alpha value is -1.34. The number of anilines is 2. The van der Waals surface area contributed by atoms with Gasteiger partial charge in [0.1, 0.15) is 0 Å². The van der Waals surface area contributed by atoms with Gasteiger partial charge in [-0.15, -0.1) is 0 Å². The highest BCUT2D eigenvalue weighted by Crippen LogP contribution is 2.27. The molecule has 1 aromatic heterocycles. The molecule has 2 aromatic rings. The first-order valence-electron chi connectivity index (χ1n) is 6.90. The van der Waals surface area contributed by atoms with Crippen molar-refractivity contribution in [3.05, 3.63) is 28.7 Å². The van der Waals surface area contributed by atoms with Crippen LogP contribution in [0.15, 0.2) is 38.8 Å². The van der Waals surface area contributed by atoms with Crippen LogP contribution in [0.2, 0.25) is 0 Å². The van der Waals surface area contributed by atoms with Gasteiger partial charge in [-0.1, -0.05) is 15.9 Å². The molecule has 3 rings (SSSR count). The summed E-state index contributed by atoms with van der Waals surface area (Å²) in [5, 5.41) is 0.644. The number of piperidine rings is 1. The molecule has 0 radical (unpaired) electrons. The van der Waals surface area contributed by atoms with E-state index in [0.717, 1.165) is 22.5 Å². The van der Waals surface area contributed by atoms with Gasteiger partial charge >= 0.3 is 0 Å². The summed E-state index contributed by atoms with van der Waals surface area (Å²) in [6, 6.07) is 8.04. The minimum atomic E-state index is 0.283. The van der Waals surface area contributed by atoms with Crippen molar-refractivity contribution in [1.82, 2.24) is 15.0 Å². The lowest BCUT2D eigenvalue weighted by molar-refractivity contribution is 0.565. The zero-order chi connectivity index (χ0) is 14.7. The first-order valence-corrected chi connectivity index (χ1v) is 8.51. The maximum Gasteiger partial charge on any atom is 0.231 e. The van der Waals surface area contributed by atoms with Gasteiger partial charge in [-0.25, -0.2) is 0 Å². The van der Waals surface area contributed by atoms with Crippen molar-refractivity contribution < 1.29 is 0 Å². The fraction of sp³-hybridized carbons (Fsp3) is 0.357. The van der Waals surface area contributed by atoms with Crippen molar-refractivity contribution in [2.45, 2.75) is 29.3 Å². The van der Waals surface area contributed by atoms with E-state index >= 15 is 0 Å². The van der Waals surface area contributed by atoms with Gasteiger partial charge in [0, 0.05) is 22.5 Å². The average molecular weight is 366 g/mol. The summed E-state index contributed by atoms with van der Waals surface area (Å²) >= 11 is 4.93. The van der Waals surface area contributed by atoms with Crippen LogP contribution in [0.25, 0.3) is 0 Å². The quantitative estimate of drug-likeness (QED) is 0.899. The van der Waals surface area contributed by atoms with E-state index in [2.05, 4.69) is 35.8 Å². The number of aromatic nitrogens is 3. The Morgan fingerprint density at radius 2 is 1.71 bits per heavy atom. The number of halogens is 1. The summed E-state index contributed by atoms with van der Waals surface area (Å²) in [6.45, 7) is 1.98. The molecule has 5 nitrogen and oxygen atoms in total. The van der Waals surface area contributed by atoms with Crippen molar-refractivity contribution in [2.75, 3.05) is 23.7 Å². The molecule has 0 saturated carbocycles. The summed E-state index contributed by atoms with van der Waals surface area (Å²) in [5.74, 6) is 0.979. The summed E-state index contributed by atoms with van der Waals surface area (Å²) in [7, 11) is 0. The Morgan fingerprint density at radius 3 is 2.43 bits per heavy atom. The third-order valence-corrected chi connectivity index (χ3v) is 4.68. The Balaban J connectivity index is 1.81. The zero-order valence-corrected chi connectivity index (χ0v) is 13.9. The number of rotatable bonds is 3. The summed E-state index contributed by atoms with van der Waals surface area (Å²) < 4.78 is 1.05. The lowest BCUT2D eigenvalue weighted by atomic mass is 10.1. The van der Waals surface area contributed by atoms with Crippen molar-refractivity contribution in [3.63, 3.8) is 0 Å². The van der Waals surface area contributed by atoms with E-state index in [0.29, 0.717) is 11.1 Å². The van der Waals surface area contributed by atoms with Gasteiger partial charge in [0.2, 0.25) is 11.9 Å². The van der Waals surface area contributed by atoms with Crippen LogP contribution in [-0.4, -0.2) is 28.0 Å². The van der Waals surface area contributed by atoms with Crippen LogP contribution in [0.5, 0.6) is 0 Å². The highest BCUT2D eigenvalue weighted by molar-refractivity contribution is 9.10. The first-order chi connectivity index (χ1) is 10.2. The molecular weight excluding hydrogens is 350 g/mol. The van der Waals surface area contributed by atoms with E-state index in [1.807, 2.05) is 24.3 Å². The minimum absolute atomic E-state index is 0.283. The lowest BCUT2D eigenvalue weighted by Gasteiger charge is -2.26. The van der Waals surface area contributed by atoms with E-state index in [1.165, 1.54) is 31.0 Å². The monoisotopic (exact) mass is 365 g/mol. The van der Waals surface area contributed by atoms with Crippen LogP contribution in [0.1, 0.15) is 19.3 Å². The Labute approximate surface area is 136 Å². The smallest absolute Gasteiger partial charge is 0.231 e. The first kappa shape index (κ1) is 14.6. The molecule has 2 heterocycles.